The van der Waals surface area contributed by atoms with Gasteiger partial charge in [-0.1, -0.05) is 41.3 Å². The van der Waals surface area contributed by atoms with Gasteiger partial charge in [-0.15, -0.1) is 10.2 Å². The van der Waals surface area contributed by atoms with E-state index in [1.54, 1.807) is 29.8 Å². The molecule has 0 saturated heterocycles. The molecule has 4 rings (SSSR count). The van der Waals surface area contributed by atoms with Crippen molar-refractivity contribution in [2.24, 2.45) is 0 Å². The number of para-hydroxylation sites is 1. The molecule has 0 aliphatic carbocycles. The number of fused-ring (bicyclic) bond motifs is 1. The molecule has 2 aromatic carbocycles. The van der Waals surface area contributed by atoms with Crippen molar-refractivity contribution in [3.8, 4) is 11.5 Å². The molecule has 0 bridgehead atoms. The van der Waals surface area contributed by atoms with Crippen molar-refractivity contribution in [2.45, 2.75) is 10.9 Å². The van der Waals surface area contributed by atoms with E-state index in [1.807, 2.05) is 18.2 Å². The third-order valence-electron chi connectivity index (χ3n) is 4.00. The van der Waals surface area contributed by atoms with E-state index in [-0.39, 0.29) is 24.4 Å². The largest absolute Gasteiger partial charge is 0.454 e. The van der Waals surface area contributed by atoms with Crippen LogP contribution in [0, 0.1) is 0 Å². The van der Waals surface area contributed by atoms with Gasteiger partial charge >= 0.3 is 0 Å². The predicted molar refractivity (Wildman–Crippen MR) is 109 cm³/mol. The average molecular weight is 428 g/mol. The molecule has 0 fully saturated rings. The number of thioether (sulfide) groups is 1. The van der Waals surface area contributed by atoms with E-state index >= 15 is 0 Å². The number of carbonyl (C=O) groups is 2. The van der Waals surface area contributed by atoms with Crippen LogP contribution in [0.5, 0.6) is 11.5 Å². The van der Waals surface area contributed by atoms with Crippen molar-refractivity contribution < 1.29 is 19.1 Å². The van der Waals surface area contributed by atoms with Crippen LogP contribution in [0.3, 0.4) is 0 Å². The number of rotatable bonds is 7. The van der Waals surface area contributed by atoms with E-state index in [4.69, 9.17) is 9.47 Å². The van der Waals surface area contributed by atoms with Crippen LogP contribution in [0.4, 0.5) is 5.69 Å². The summed E-state index contributed by atoms with van der Waals surface area (Å²) >= 11 is 2.67. The van der Waals surface area contributed by atoms with E-state index in [1.165, 1.54) is 23.1 Å². The normalized spacial score (nSPS) is 11.9. The quantitative estimate of drug-likeness (QED) is 0.558. The minimum absolute atomic E-state index is 0.183. The molecule has 2 heterocycles. The van der Waals surface area contributed by atoms with Gasteiger partial charge in [0.25, 0.3) is 5.91 Å². The second-order valence-electron chi connectivity index (χ2n) is 5.96. The van der Waals surface area contributed by atoms with Crippen LogP contribution < -0.4 is 20.1 Å². The Morgan fingerprint density at radius 1 is 1.14 bits per heavy atom. The first-order valence-corrected chi connectivity index (χ1v) is 10.5. The topological polar surface area (TPSA) is 102 Å². The molecule has 10 heteroatoms. The van der Waals surface area contributed by atoms with E-state index < -0.39 is 0 Å². The maximum absolute atomic E-state index is 12.7. The second-order valence-corrected chi connectivity index (χ2v) is 8.01. The zero-order chi connectivity index (χ0) is 20.1. The number of carbonyl (C=O) groups excluding carboxylic acids is 2. The van der Waals surface area contributed by atoms with Gasteiger partial charge in [0.1, 0.15) is 5.51 Å². The van der Waals surface area contributed by atoms with E-state index in [0.717, 1.165) is 9.90 Å². The molecule has 148 valence electrons. The average Bonchev–Trinajstić information content (AvgIpc) is 3.42. The fourth-order valence-corrected chi connectivity index (χ4v) is 3.95. The molecule has 3 aromatic rings. The summed E-state index contributed by atoms with van der Waals surface area (Å²) in [4.78, 5) is 24.9. The number of benzene rings is 2. The molecule has 1 aromatic heterocycles. The zero-order valence-corrected chi connectivity index (χ0v) is 16.7. The van der Waals surface area contributed by atoms with Crippen LogP contribution in [0.25, 0.3) is 0 Å². The van der Waals surface area contributed by atoms with Crippen molar-refractivity contribution >= 4 is 40.6 Å². The lowest BCUT2D eigenvalue weighted by Crippen LogP contribution is -2.25. The smallest absolute Gasteiger partial charge is 0.253 e. The number of nitrogens with zero attached hydrogens (tertiary/aromatic N) is 2. The summed E-state index contributed by atoms with van der Waals surface area (Å²) in [6.07, 6.45) is 0. The lowest BCUT2D eigenvalue weighted by Gasteiger charge is -2.11. The zero-order valence-electron chi connectivity index (χ0n) is 15.1. The summed E-state index contributed by atoms with van der Waals surface area (Å²) in [6, 6.07) is 12.4. The third kappa shape index (κ3) is 4.84. The van der Waals surface area contributed by atoms with Crippen LogP contribution in [-0.2, 0) is 11.3 Å². The molecule has 0 radical (unpaired) electrons. The number of amides is 2. The number of anilines is 1. The van der Waals surface area contributed by atoms with Crippen LogP contribution >= 0.6 is 23.1 Å². The Labute approximate surface area is 174 Å². The first-order chi connectivity index (χ1) is 14.2. The molecular formula is C19H16N4O4S2. The first kappa shape index (κ1) is 19.2. The molecular weight excluding hydrogens is 412 g/mol. The summed E-state index contributed by atoms with van der Waals surface area (Å²) in [7, 11) is 0. The molecule has 0 spiro atoms. The molecule has 1 aliphatic rings. The number of ether oxygens (including phenoxy) is 2. The maximum Gasteiger partial charge on any atom is 0.253 e. The standard InChI is InChI=1S/C19H16N4O4S2/c24-17(9-28-19-23-21-10-29-19)22-14-4-2-1-3-13(14)18(25)20-8-12-5-6-15-16(7-12)27-11-26-15/h1-7,10H,8-9,11H2,(H,20,25)(H,22,24). The summed E-state index contributed by atoms with van der Waals surface area (Å²) in [5.74, 6) is 1.04. The Hall–Kier alpha value is -3.11. The van der Waals surface area contributed by atoms with Gasteiger partial charge in [-0.3, -0.25) is 9.59 Å². The summed E-state index contributed by atoms with van der Waals surface area (Å²) in [5.41, 5.74) is 3.35. The van der Waals surface area contributed by atoms with Crippen molar-refractivity contribution in [3.05, 3.63) is 59.1 Å². The highest BCUT2D eigenvalue weighted by molar-refractivity contribution is 8.01. The van der Waals surface area contributed by atoms with E-state index in [0.29, 0.717) is 29.3 Å². The van der Waals surface area contributed by atoms with Gasteiger partial charge in [0.05, 0.1) is 17.0 Å². The summed E-state index contributed by atoms with van der Waals surface area (Å²) in [6.45, 7) is 0.528. The Kier molecular flexibility index (Phi) is 5.92. The monoisotopic (exact) mass is 428 g/mol. The van der Waals surface area contributed by atoms with Crippen LogP contribution in [0.1, 0.15) is 15.9 Å². The van der Waals surface area contributed by atoms with Crippen LogP contribution in [-0.4, -0.2) is 34.6 Å². The number of nitrogens with one attached hydrogen (secondary N) is 2. The molecule has 2 amide bonds. The Morgan fingerprint density at radius 3 is 2.86 bits per heavy atom. The molecule has 8 nitrogen and oxygen atoms in total. The van der Waals surface area contributed by atoms with Gasteiger partial charge in [0.2, 0.25) is 12.7 Å². The summed E-state index contributed by atoms with van der Waals surface area (Å²) in [5, 5.41) is 13.3. The molecule has 0 unspecified atom stereocenters. The lowest BCUT2D eigenvalue weighted by atomic mass is 10.1. The van der Waals surface area contributed by atoms with Crippen LogP contribution in [0.2, 0.25) is 0 Å². The van der Waals surface area contributed by atoms with Crippen molar-refractivity contribution in [3.63, 3.8) is 0 Å². The molecule has 0 saturated carbocycles. The molecule has 1 aliphatic heterocycles. The lowest BCUT2D eigenvalue weighted by molar-refractivity contribution is -0.113. The number of hydrogen-bond donors (Lipinski definition) is 2. The van der Waals surface area contributed by atoms with Gasteiger partial charge in [0.15, 0.2) is 15.8 Å². The molecule has 0 atom stereocenters. The highest BCUT2D eigenvalue weighted by Crippen LogP contribution is 2.32. The fraction of sp³-hybridized carbons (Fsp3) is 0.158. The predicted octanol–water partition coefficient (Wildman–Crippen LogP) is 2.93. The van der Waals surface area contributed by atoms with Gasteiger partial charge in [-0.05, 0) is 29.8 Å². The highest BCUT2D eigenvalue weighted by atomic mass is 32.2. The van der Waals surface area contributed by atoms with Crippen LogP contribution in [0.15, 0.2) is 52.3 Å². The minimum atomic E-state index is -0.282. The van der Waals surface area contributed by atoms with Gasteiger partial charge in [-0.2, -0.15) is 0 Å². The SMILES string of the molecule is O=C(CSc1nncs1)Nc1ccccc1C(=O)NCc1ccc2c(c1)OCO2. The maximum atomic E-state index is 12.7. The third-order valence-corrected chi connectivity index (χ3v) is 5.86. The van der Waals surface area contributed by atoms with Gasteiger partial charge < -0.3 is 20.1 Å². The first-order valence-electron chi connectivity index (χ1n) is 8.63. The molecule has 2 N–H and O–H groups in total. The van der Waals surface area contributed by atoms with Gasteiger partial charge in [-0.25, -0.2) is 0 Å². The molecule has 29 heavy (non-hydrogen) atoms. The van der Waals surface area contributed by atoms with Crippen molar-refractivity contribution in [1.82, 2.24) is 15.5 Å². The van der Waals surface area contributed by atoms with E-state index in [2.05, 4.69) is 20.8 Å². The van der Waals surface area contributed by atoms with Gasteiger partial charge in [0, 0.05) is 6.54 Å². The fourth-order valence-electron chi connectivity index (χ4n) is 2.66. The van der Waals surface area contributed by atoms with Crippen molar-refractivity contribution in [1.29, 1.82) is 0 Å². The van der Waals surface area contributed by atoms with Crippen molar-refractivity contribution in [2.75, 3.05) is 17.9 Å². The van der Waals surface area contributed by atoms with E-state index in [9.17, 15) is 9.59 Å². The highest BCUT2D eigenvalue weighted by Gasteiger charge is 2.16. The minimum Gasteiger partial charge on any atom is -0.454 e. The Morgan fingerprint density at radius 2 is 2.00 bits per heavy atom. The summed E-state index contributed by atoms with van der Waals surface area (Å²) < 4.78 is 11.4. The number of hydrogen-bond acceptors (Lipinski definition) is 8. The Bertz CT molecular complexity index is 1030. The number of aromatic nitrogens is 2. The second kappa shape index (κ2) is 8.93. The Balaban J connectivity index is 1.36.